The van der Waals surface area contributed by atoms with Crippen molar-refractivity contribution in [1.29, 1.82) is 0 Å². The monoisotopic (exact) mass is 312 g/mol. The average molecular weight is 313 g/mol. The fourth-order valence-electron chi connectivity index (χ4n) is 2.10. The number of nitrogens with one attached hydrogen (secondary N) is 2. The van der Waals surface area contributed by atoms with Gasteiger partial charge in [0.05, 0.1) is 4.47 Å². The lowest BCUT2D eigenvalue weighted by Crippen LogP contribution is -2.58. The number of anilines is 1. The number of aromatic nitrogens is 1. The second-order valence-corrected chi connectivity index (χ2v) is 5.20. The van der Waals surface area contributed by atoms with E-state index >= 15 is 0 Å². The molecule has 1 aromatic heterocycles. The highest BCUT2D eigenvalue weighted by Crippen LogP contribution is 2.26. The average Bonchev–Trinajstić information content (AvgIpc) is 2.38. The van der Waals surface area contributed by atoms with Crippen molar-refractivity contribution < 1.29 is 4.79 Å². The highest BCUT2D eigenvalue weighted by molar-refractivity contribution is 9.10. The fraction of sp³-hybridized carbons (Fsp3) is 0.500. The van der Waals surface area contributed by atoms with Crippen LogP contribution in [0.15, 0.2) is 16.7 Å². The van der Waals surface area contributed by atoms with E-state index in [1.807, 2.05) is 24.1 Å². The molecule has 0 saturated carbocycles. The largest absolute Gasteiger partial charge is 0.357 e. The number of hydrogen-bond donors (Lipinski definition) is 2. The molecule has 98 valence electrons. The zero-order valence-electron chi connectivity index (χ0n) is 10.5. The first-order valence-corrected chi connectivity index (χ1v) is 6.74. The molecule has 0 bridgehead atoms. The number of carbonyl (C=O) groups is 1. The van der Waals surface area contributed by atoms with Crippen molar-refractivity contribution in [3.8, 4) is 0 Å². The first-order valence-electron chi connectivity index (χ1n) is 5.94. The third kappa shape index (κ3) is 2.64. The van der Waals surface area contributed by atoms with Gasteiger partial charge in [0.2, 0.25) is 5.91 Å². The summed E-state index contributed by atoms with van der Waals surface area (Å²) in [6.45, 7) is 4.26. The van der Waals surface area contributed by atoms with E-state index in [1.165, 1.54) is 0 Å². The SMILES string of the molecule is CNC(=O)C1CNCCN1c1ncc(C)cc1Br. The van der Waals surface area contributed by atoms with Crippen molar-refractivity contribution in [2.45, 2.75) is 13.0 Å². The van der Waals surface area contributed by atoms with Gasteiger partial charge in [0.1, 0.15) is 11.9 Å². The van der Waals surface area contributed by atoms with Crippen LogP contribution in [-0.4, -0.2) is 43.6 Å². The van der Waals surface area contributed by atoms with Crippen LogP contribution >= 0.6 is 15.9 Å². The van der Waals surface area contributed by atoms with Gasteiger partial charge in [-0.2, -0.15) is 0 Å². The van der Waals surface area contributed by atoms with Crippen LogP contribution in [0.1, 0.15) is 5.56 Å². The van der Waals surface area contributed by atoms with Crippen LogP contribution in [0.25, 0.3) is 0 Å². The van der Waals surface area contributed by atoms with E-state index in [1.54, 1.807) is 7.05 Å². The summed E-state index contributed by atoms with van der Waals surface area (Å²) in [5, 5.41) is 5.94. The van der Waals surface area contributed by atoms with E-state index in [0.717, 1.165) is 28.9 Å². The van der Waals surface area contributed by atoms with Gasteiger partial charge >= 0.3 is 0 Å². The van der Waals surface area contributed by atoms with Crippen LogP contribution in [0.2, 0.25) is 0 Å². The predicted molar refractivity (Wildman–Crippen MR) is 74.7 cm³/mol. The second kappa shape index (κ2) is 5.67. The lowest BCUT2D eigenvalue weighted by atomic mass is 10.1. The number of likely N-dealkylation sites (N-methyl/N-ethyl adjacent to an activating group) is 1. The molecule has 1 atom stereocenters. The van der Waals surface area contributed by atoms with Crippen molar-refractivity contribution in [1.82, 2.24) is 15.6 Å². The fourth-order valence-corrected chi connectivity index (χ4v) is 2.79. The Morgan fingerprint density at radius 1 is 1.67 bits per heavy atom. The minimum Gasteiger partial charge on any atom is -0.357 e. The van der Waals surface area contributed by atoms with E-state index < -0.39 is 0 Å². The number of pyridine rings is 1. The van der Waals surface area contributed by atoms with E-state index in [-0.39, 0.29) is 11.9 Å². The molecule has 0 radical (unpaired) electrons. The maximum atomic E-state index is 11.9. The molecule has 1 fully saturated rings. The Morgan fingerprint density at radius 2 is 2.44 bits per heavy atom. The van der Waals surface area contributed by atoms with Crippen molar-refractivity contribution in [2.75, 3.05) is 31.6 Å². The number of hydrogen-bond acceptors (Lipinski definition) is 4. The Hall–Kier alpha value is -1.14. The lowest BCUT2D eigenvalue weighted by molar-refractivity contribution is -0.122. The minimum absolute atomic E-state index is 0.0106. The molecular weight excluding hydrogens is 296 g/mol. The van der Waals surface area contributed by atoms with Crippen LogP contribution in [0, 0.1) is 6.92 Å². The van der Waals surface area contributed by atoms with Gasteiger partial charge in [-0.25, -0.2) is 4.98 Å². The number of nitrogens with zero attached hydrogens (tertiary/aromatic N) is 2. The van der Waals surface area contributed by atoms with Crippen LogP contribution in [0.5, 0.6) is 0 Å². The summed E-state index contributed by atoms with van der Waals surface area (Å²) in [5.41, 5.74) is 1.09. The number of aryl methyl sites for hydroxylation is 1. The van der Waals surface area contributed by atoms with E-state index in [4.69, 9.17) is 0 Å². The zero-order valence-corrected chi connectivity index (χ0v) is 12.1. The summed E-state index contributed by atoms with van der Waals surface area (Å²) in [5.74, 6) is 0.840. The summed E-state index contributed by atoms with van der Waals surface area (Å²) in [4.78, 5) is 18.4. The summed E-state index contributed by atoms with van der Waals surface area (Å²) in [6, 6.07) is 1.81. The highest BCUT2D eigenvalue weighted by atomic mass is 79.9. The molecule has 1 aliphatic rings. The maximum Gasteiger partial charge on any atom is 0.243 e. The van der Waals surface area contributed by atoms with Gasteiger partial charge in [0.25, 0.3) is 0 Å². The van der Waals surface area contributed by atoms with Crippen molar-refractivity contribution >= 4 is 27.7 Å². The molecule has 0 aromatic carbocycles. The molecule has 0 aliphatic carbocycles. The third-order valence-electron chi connectivity index (χ3n) is 3.02. The minimum atomic E-state index is -0.213. The molecule has 1 aliphatic heterocycles. The lowest BCUT2D eigenvalue weighted by Gasteiger charge is -2.36. The number of amides is 1. The zero-order chi connectivity index (χ0) is 13.1. The van der Waals surface area contributed by atoms with Crippen LogP contribution in [0.4, 0.5) is 5.82 Å². The molecular formula is C12H17BrN4O. The number of carbonyl (C=O) groups excluding carboxylic acids is 1. The van der Waals surface area contributed by atoms with E-state index in [2.05, 4.69) is 31.5 Å². The van der Waals surface area contributed by atoms with Gasteiger partial charge in [-0.1, -0.05) is 0 Å². The highest BCUT2D eigenvalue weighted by Gasteiger charge is 2.29. The predicted octanol–water partition coefficient (Wildman–Crippen LogP) is 0.677. The Kier molecular flexibility index (Phi) is 4.19. The van der Waals surface area contributed by atoms with Crippen molar-refractivity contribution in [3.63, 3.8) is 0 Å². The number of rotatable bonds is 2. The first-order chi connectivity index (χ1) is 8.63. The van der Waals surface area contributed by atoms with Crippen LogP contribution < -0.4 is 15.5 Å². The molecule has 18 heavy (non-hydrogen) atoms. The van der Waals surface area contributed by atoms with Crippen LogP contribution in [-0.2, 0) is 4.79 Å². The molecule has 1 amide bonds. The molecule has 5 nitrogen and oxygen atoms in total. The molecule has 1 unspecified atom stereocenters. The van der Waals surface area contributed by atoms with Gasteiger partial charge in [0, 0.05) is 32.9 Å². The molecule has 1 saturated heterocycles. The summed E-state index contributed by atoms with van der Waals surface area (Å²) in [6.07, 6.45) is 1.82. The van der Waals surface area contributed by atoms with E-state index in [0.29, 0.717) is 6.54 Å². The molecule has 2 rings (SSSR count). The molecule has 1 aromatic rings. The Morgan fingerprint density at radius 3 is 3.11 bits per heavy atom. The number of halogens is 1. The van der Waals surface area contributed by atoms with Gasteiger partial charge in [-0.3, -0.25) is 4.79 Å². The quantitative estimate of drug-likeness (QED) is 0.843. The first kappa shape index (κ1) is 13.3. The smallest absolute Gasteiger partial charge is 0.243 e. The normalized spacial score (nSPS) is 19.7. The maximum absolute atomic E-state index is 11.9. The van der Waals surface area contributed by atoms with Gasteiger partial charge in [-0.05, 0) is 34.5 Å². The number of piperazine rings is 1. The standard InChI is InChI=1S/C12H17BrN4O/c1-8-5-9(13)11(16-6-8)17-4-3-15-7-10(17)12(18)14-2/h5-6,10,15H,3-4,7H2,1-2H3,(H,14,18). The Bertz CT molecular complexity index is 452. The topological polar surface area (TPSA) is 57.3 Å². The summed E-state index contributed by atoms with van der Waals surface area (Å²) < 4.78 is 0.929. The Labute approximate surface area is 115 Å². The summed E-state index contributed by atoms with van der Waals surface area (Å²) in [7, 11) is 1.66. The molecule has 6 heteroatoms. The molecule has 0 spiro atoms. The third-order valence-corrected chi connectivity index (χ3v) is 3.61. The molecule has 2 heterocycles. The van der Waals surface area contributed by atoms with Crippen molar-refractivity contribution in [2.24, 2.45) is 0 Å². The summed E-state index contributed by atoms with van der Waals surface area (Å²) >= 11 is 3.52. The van der Waals surface area contributed by atoms with E-state index in [9.17, 15) is 4.79 Å². The van der Waals surface area contributed by atoms with Crippen LogP contribution in [0.3, 0.4) is 0 Å². The molecule has 2 N–H and O–H groups in total. The second-order valence-electron chi connectivity index (χ2n) is 4.35. The Balaban J connectivity index is 2.30. The van der Waals surface area contributed by atoms with Gasteiger partial charge in [-0.15, -0.1) is 0 Å². The van der Waals surface area contributed by atoms with Gasteiger partial charge < -0.3 is 15.5 Å². The van der Waals surface area contributed by atoms with Crippen molar-refractivity contribution in [3.05, 3.63) is 22.3 Å². The van der Waals surface area contributed by atoms with Gasteiger partial charge in [0.15, 0.2) is 0 Å².